The molecule has 26 heavy (non-hydrogen) atoms. The van der Waals surface area contributed by atoms with E-state index in [1.165, 1.54) is 0 Å². The molecule has 0 heterocycles. The van der Waals surface area contributed by atoms with Crippen molar-refractivity contribution in [2.45, 2.75) is 6.42 Å². The topological polar surface area (TPSA) is 66.0 Å². The Morgan fingerprint density at radius 1 is 0.885 bits per heavy atom. The van der Waals surface area contributed by atoms with E-state index in [4.69, 9.17) is 18.9 Å². The molecule has 0 aliphatic rings. The molecule has 2 aromatic rings. The van der Waals surface area contributed by atoms with E-state index in [-0.39, 0.29) is 5.91 Å². The Labute approximate surface area is 166 Å². The molecular formula is C19H22INO5. The van der Waals surface area contributed by atoms with Crippen LogP contribution in [0.25, 0.3) is 0 Å². The summed E-state index contributed by atoms with van der Waals surface area (Å²) in [5.74, 6) is 2.32. The van der Waals surface area contributed by atoms with Gasteiger partial charge in [-0.1, -0.05) is 6.07 Å². The Bertz CT molecular complexity index is 779. The lowest BCUT2D eigenvalue weighted by Crippen LogP contribution is -2.26. The van der Waals surface area contributed by atoms with Crippen LogP contribution in [0.3, 0.4) is 0 Å². The maximum Gasteiger partial charge on any atom is 0.252 e. The van der Waals surface area contributed by atoms with Crippen LogP contribution in [0.15, 0.2) is 30.3 Å². The number of hydrogen-bond acceptors (Lipinski definition) is 5. The smallest absolute Gasteiger partial charge is 0.252 e. The van der Waals surface area contributed by atoms with E-state index in [9.17, 15) is 4.79 Å². The summed E-state index contributed by atoms with van der Waals surface area (Å²) >= 11 is 2.11. The standard InChI is InChI=1S/C19H22INO5/c1-23-15-6-5-12(9-16(15)24-2)7-8-21-19(22)13-10-17(25-3)18(26-4)11-14(13)20/h5-6,9-11H,7-8H2,1-4H3,(H,21,22). The number of carbonyl (C=O) groups is 1. The van der Waals surface area contributed by atoms with Crippen LogP contribution in [0, 0.1) is 3.57 Å². The van der Waals surface area contributed by atoms with Crippen molar-refractivity contribution in [2.24, 2.45) is 0 Å². The quantitative estimate of drug-likeness (QED) is 0.599. The number of ether oxygens (including phenoxy) is 4. The first-order chi connectivity index (χ1) is 12.5. The maximum absolute atomic E-state index is 12.5. The summed E-state index contributed by atoms with van der Waals surface area (Å²) in [7, 11) is 6.31. The molecule has 1 N–H and O–H groups in total. The van der Waals surface area contributed by atoms with E-state index >= 15 is 0 Å². The highest BCUT2D eigenvalue weighted by atomic mass is 127. The van der Waals surface area contributed by atoms with Crippen LogP contribution < -0.4 is 24.3 Å². The summed E-state index contributed by atoms with van der Waals surface area (Å²) in [6.45, 7) is 0.499. The zero-order valence-corrected chi connectivity index (χ0v) is 17.4. The highest BCUT2D eigenvalue weighted by Crippen LogP contribution is 2.31. The summed E-state index contributed by atoms with van der Waals surface area (Å²) in [6.07, 6.45) is 0.677. The molecule has 0 saturated carbocycles. The summed E-state index contributed by atoms with van der Waals surface area (Å²) in [5, 5.41) is 2.93. The molecule has 0 radical (unpaired) electrons. The summed E-state index contributed by atoms with van der Waals surface area (Å²) in [6, 6.07) is 9.18. The average Bonchev–Trinajstić information content (AvgIpc) is 2.67. The molecule has 0 aliphatic heterocycles. The third-order valence-electron chi connectivity index (χ3n) is 3.87. The summed E-state index contributed by atoms with van der Waals surface area (Å²) < 4.78 is 21.8. The number of benzene rings is 2. The zero-order valence-electron chi connectivity index (χ0n) is 15.2. The minimum Gasteiger partial charge on any atom is -0.493 e. The average molecular weight is 471 g/mol. The van der Waals surface area contributed by atoms with Gasteiger partial charge in [-0.25, -0.2) is 0 Å². The second-order valence-electron chi connectivity index (χ2n) is 5.38. The van der Waals surface area contributed by atoms with Gasteiger partial charge in [0.2, 0.25) is 0 Å². The van der Waals surface area contributed by atoms with Gasteiger partial charge < -0.3 is 24.3 Å². The lowest BCUT2D eigenvalue weighted by molar-refractivity contribution is 0.0953. The minimum atomic E-state index is -0.157. The highest BCUT2D eigenvalue weighted by Gasteiger charge is 2.15. The fraction of sp³-hybridized carbons (Fsp3) is 0.316. The summed E-state index contributed by atoms with van der Waals surface area (Å²) in [4.78, 5) is 12.5. The van der Waals surface area contributed by atoms with Crippen molar-refractivity contribution in [2.75, 3.05) is 35.0 Å². The van der Waals surface area contributed by atoms with Crippen LogP contribution in [0.2, 0.25) is 0 Å². The van der Waals surface area contributed by atoms with E-state index < -0.39 is 0 Å². The highest BCUT2D eigenvalue weighted by molar-refractivity contribution is 14.1. The van der Waals surface area contributed by atoms with Gasteiger partial charge in [0.15, 0.2) is 23.0 Å². The van der Waals surface area contributed by atoms with Gasteiger partial charge in [-0.05, 0) is 58.8 Å². The molecule has 0 fully saturated rings. The summed E-state index contributed by atoms with van der Waals surface area (Å²) in [5.41, 5.74) is 1.60. The Morgan fingerprint density at radius 3 is 2.08 bits per heavy atom. The Balaban J connectivity index is 2.03. The Morgan fingerprint density at radius 2 is 1.46 bits per heavy atom. The third kappa shape index (κ3) is 4.72. The predicted molar refractivity (Wildman–Crippen MR) is 108 cm³/mol. The van der Waals surface area contributed by atoms with Crippen molar-refractivity contribution in [1.82, 2.24) is 5.32 Å². The first kappa shape index (κ1) is 20.2. The van der Waals surface area contributed by atoms with Gasteiger partial charge in [-0.15, -0.1) is 0 Å². The fourth-order valence-electron chi connectivity index (χ4n) is 2.48. The van der Waals surface area contributed by atoms with Crippen LogP contribution in [-0.2, 0) is 6.42 Å². The first-order valence-corrected chi connectivity index (χ1v) is 9.02. The fourth-order valence-corrected chi connectivity index (χ4v) is 3.16. The second-order valence-corrected chi connectivity index (χ2v) is 6.54. The largest absolute Gasteiger partial charge is 0.493 e. The molecule has 0 aromatic heterocycles. The zero-order chi connectivity index (χ0) is 19.1. The molecule has 0 unspecified atom stereocenters. The number of rotatable bonds is 8. The number of amides is 1. The molecule has 7 heteroatoms. The molecule has 0 saturated heterocycles. The molecule has 0 aliphatic carbocycles. The van der Waals surface area contributed by atoms with E-state index in [0.717, 1.165) is 9.13 Å². The van der Waals surface area contributed by atoms with E-state index in [1.807, 2.05) is 18.2 Å². The lowest BCUT2D eigenvalue weighted by atomic mass is 10.1. The van der Waals surface area contributed by atoms with Gasteiger partial charge in [0.05, 0.1) is 34.0 Å². The lowest BCUT2D eigenvalue weighted by Gasteiger charge is -2.13. The monoisotopic (exact) mass is 471 g/mol. The van der Waals surface area contributed by atoms with Gasteiger partial charge >= 0.3 is 0 Å². The minimum absolute atomic E-state index is 0.157. The van der Waals surface area contributed by atoms with Crippen molar-refractivity contribution in [3.05, 3.63) is 45.0 Å². The third-order valence-corrected chi connectivity index (χ3v) is 4.76. The van der Waals surface area contributed by atoms with Crippen molar-refractivity contribution in [1.29, 1.82) is 0 Å². The number of methoxy groups -OCH3 is 4. The molecule has 0 atom stereocenters. The van der Waals surface area contributed by atoms with Crippen molar-refractivity contribution in [3.8, 4) is 23.0 Å². The van der Waals surface area contributed by atoms with Gasteiger partial charge in [0.25, 0.3) is 5.91 Å². The van der Waals surface area contributed by atoms with Crippen LogP contribution in [0.4, 0.5) is 0 Å². The Hall–Kier alpha value is -2.16. The van der Waals surface area contributed by atoms with Crippen molar-refractivity contribution < 1.29 is 23.7 Å². The van der Waals surface area contributed by atoms with E-state index in [0.29, 0.717) is 41.5 Å². The SMILES string of the molecule is COc1ccc(CCNC(=O)c2cc(OC)c(OC)cc2I)cc1OC. The maximum atomic E-state index is 12.5. The Kier molecular flexibility index (Phi) is 7.38. The van der Waals surface area contributed by atoms with Crippen LogP contribution >= 0.6 is 22.6 Å². The van der Waals surface area contributed by atoms with Gasteiger partial charge in [-0.3, -0.25) is 4.79 Å². The van der Waals surface area contributed by atoms with Crippen LogP contribution in [0.1, 0.15) is 15.9 Å². The van der Waals surface area contributed by atoms with Gasteiger partial charge in [0, 0.05) is 10.1 Å². The van der Waals surface area contributed by atoms with Gasteiger partial charge in [-0.2, -0.15) is 0 Å². The van der Waals surface area contributed by atoms with Crippen molar-refractivity contribution >= 4 is 28.5 Å². The molecule has 0 spiro atoms. The predicted octanol–water partition coefficient (Wildman–Crippen LogP) is 3.30. The molecule has 0 bridgehead atoms. The number of carbonyl (C=O) groups excluding carboxylic acids is 1. The first-order valence-electron chi connectivity index (χ1n) is 7.94. The van der Waals surface area contributed by atoms with Crippen LogP contribution in [0.5, 0.6) is 23.0 Å². The van der Waals surface area contributed by atoms with E-state index in [2.05, 4.69) is 27.9 Å². The normalized spacial score (nSPS) is 10.2. The molecular weight excluding hydrogens is 449 g/mol. The molecule has 2 rings (SSSR count). The second kappa shape index (κ2) is 9.51. The molecule has 1 amide bonds. The van der Waals surface area contributed by atoms with Gasteiger partial charge in [0.1, 0.15) is 0 Å². The van der Waals surface area contributed by atoms with E-state index in [1.54, 1.807) is 40.6 Å². The number of nitrogens with one attached hydrogen (secondary N) is 1. The molecule has 140 valence electrons. The molecule has 6 nitrogen and oxygen atoms in total. The van der Waals surface area contributed by atoms with Crippen molar-refractivity contribution in [3.63, 3.8) is 0 Å². The molecule has 2 aromatic carbocycles. The number of hydrogen-bond donors (Lipinski definition) is 1. The number of halogens is 1. The van der Waals surface area contributed by atoms with Crippen LogP contribution in [-0.4, -0.2) is 40.9 Å².